The minimum Gasteiger partial charge on any atom is -0.488 e. The highest BCUT2D eigenvalue weighted by molar-refractivity contribution is 6.13. The van der Waals surface area contributed by atoms with Gasteiger partial charge in [0, 0.05) is 23.7 Å². The van der Waals surface area contributed by atoms with Crippen LogP contribution in [0.15, 0.2) is 42.5 Å². The molecule has 1 N–H and O–H groups in total. The van der Waals surface area contributed by atoms with E-state index in [4.69, 9.17) is 4.74 Å². The number of fused-ring (bicyclic) bond motifs is 2. The van der Waals surface area contributed by atoms with Gasteiger partial charge in [-0.2, -0.15) is 0 Å². The van der Waals surface area contributed by atoms with Crippen molar-refractivity contribution in [3.63, 3.8) is 0 Å². The predicted octanol–water partition coefficient (Wildman–Crippen LogP) is 2.17. The van der Waals surface area contributed by atoms with Crippen LogP contribution in [-0.4, -0.2) is 18.7 Å². The molecular formula is C16H13NO3. The molecule has 0 unspecified atom stereocenters. The molecule has 0 saturated carbocycles. The molecule has 2 aromatic rings. The molecule has 4 heteroatoms. The highest BCUT2D eigenvalue weighted by Gasteiger charge is 2.23. The second-order valence-corrected chi connectivity index (χ2v) is 4.57. The molecule has 1 aliphatic rings. The molecule has 0 fully saturated rings. The first-order chi connectivity index (χ1) is 9.70. The van der Waals surface area contributed by atoms with Crippen molar-refractivity contribution in [1.82, 2.24) is 5.32 Å². The zero-order valence-electron chi connectivity index (χ0n) is 11.0. The Morgan fingerprint density at radius 2 is 1.95 bits per heavy atom. The average Bonchev–Trinajstić information content (AvgIpc) is 2.64. The topological polar surface area (TPSA) is 55.4 Å². The molecule has 0 saturated heterocycles. The first-order valence-electron chi connectivity index (χ1n) is 6.32. The van der Waals surface area contributed by atoms with Gasteiger partial charge in [-0.25, -0.2) is 0 Å². The fourth-order valence-electron chi connectivity index (χ4n) is 2.29. The van der Waals surface area contributed by atoms with E-state index in [2.05, 4.69) is 5.32 Å². The smallest absolute Gasteiger partial charge is 0.251 e. The van der Waals surface area contributed by atoms with Crippen LogP contribution < -0.4 is 10.1 Å². The minimum absolute atomic E-state index is 0.112. The van der Waals surface area contributed by atoms with Gasteiger partial charge in [-0.3, -0.25) is 9.59 Å². The third kappa shape index (κ3) is 1.95. The van der Waals surface area contributed by atoms with Gasteiger partial charge in [0.2, 0.25) is 0 Å². The number of hydrogen-bond acceptors (Lipinski definition) is 3. The molecule has 0 atom stereocenters. The van der Waals surface area contributed by atoms with Gasteiger partial charge in [0.1, 0.15) is 12.4 Å². The summed E-state index contributed by atoms with van der Waals surface area (Å²) < 4.78 is 5.66. The van der Waals surface area contributed by atoms with E-state index in [-0.39, 0.29) is 11.7 Å². The van der Waals surface area contributed by atoms with E-state index < -0.39 is 0 Å². The maximum absolute atomic E-state index is 12.6. The SMILES string of the molecule is CNC(=O)c1ccc2c(c1)C(=O)c1ccccc1CO2. The number of carbonyl (C=O) groups excluding carboxylic acids is 2. The standard InChI is InChI=1S/C16H13NO3/c1-17-16(19)10-6-7-14-13(8-10)15(18)12-5-3-2-4-11(12)9-20-14/h2-8H,9H2,1H3,(H,17,19). The fourth-order valence-corrected chi connectivity index (χ4v) is 2.29. The number of carbonyl (C=O) groups is 2. The van der Waals surface area contributed by atoms with Crippen LogP contribution in [0.1, 0.15) is 31.8 Å². The molecule has 0 aromatic heterocycles. The number of ketones is 1. The zero-order chi connectivity index (χ0) is 14.1. The molecule has 1 heterocycles. The molecular weight excluding hydrogens is 254 g/mol. The van der Waals surface area contributed by atoms with E-state index in [1.807, 2.05) is 18.2 Å². The number of nitrogens with one attached hydrogen (secondary N) is 1. The summed E-state index contributed by atoms with van der Waals surface area (Å²) in [6, 6.07) is 12.3. The van der Waals surface area contributed by atoms with Crippen molar-refractivity contribution >= 4 is 11.7 Å². The second-order valence-electron chi connectivity index (χ2n) is 4.57. The van der Waals surface area contributed by atoms with Crippen molar-refractivity contribution in [3.8, 4) is 5.75 Å². The highest BCUT2D eigenvalue weighted by Crippen LogP contribution is 2.29. The van der Waals surface area contributed by atoms with E-state index >= 15 is 0 Å². The molecule has 0 spiro atoms. The Kier molecular flexibility index (Phi) is 2.99. The van der Waals surface area contributed by atoms with E-state index in [0.717, 1.165) is 5.56 Å². The minimum atomic E-state index is -0.224. The maximum atomic E-state index is 12.6. The van der Waals surface area contributed by atoms with Crippen molar-refractivity contribution in [2.24, 2.45) is 0 Å². The van der Waals surface area contributed by atoms with Gasteiger partial charge in [0.05, 0.1) is 5.56 Å². The fraction of sp³-hybridized carbons (Fsp3) is 0.125. The zero-order valence-corrected chi connectivity index (χ0v) is 11.0. The maximum Gasteiger partial charge on any atom is 0.251 e. The monoisotopic (exact) mass is 267 g/mol. The van der Waals surface area contributed by atoms with Crippen molar-refractivity contribution < 1.29 is 14.3 Å². The molecule has 2 aromatic carbocycles. The van der Waals surface area contributed by atoms with Gasteiger partial charge in [-0.15, -0.1) is 0 Å². The first kappa shape index (κ1) is 12.4. The largest absolute Gasteiger partial charge is 0.488 e. The van der Waals surface area contributed by atoms with E-state index in [9.17, 15) is 9.59 Å². The Hall–Kier alpha value is -2.62. The summed E-state index contributed by atoms with van der Waals surface area (Å²) in [5.74, 6) is 0.177. The molecule has 0 radical (unpaired) electrons. The lowest BCUT2D eigenvalue weighted by Crippen LogP contribution is -2.18. The summed E-state index contributed by atoms with van der Waals surface area (Å²) in [5.41, 5.74) is 2.36. The molecule has 1 aliphatic heterocycles. The Labute approximate surface area is 116 Å². The molecule has 1 amide bonds. The van der Waals surface area contributed by atoms with Crippen molar-refractivity contribution in [1.29, 1.82) is 0 Å². The van der Waals surface area contributed by atoms with Crippen LogP contribution in [0.2, 0.25) is 0 Å². The van der Waals surface area contributed by atoms with Gasteiger partial charge in [-0.05, 0) is 18.2 Å². The van der Waals surface area contributed by atoms with Crippen LogP contribution in [0.4, 0.5) is 0 Å². The summed E-state index contributed by atoms with van der Waals surface area (Å²) in [4.78, 5) is 24.3. The van der Waals surface area contributed by atoms with Crippen molar-refractivity contribution in [3.05, 3.63) is 64.7 Å². The number of hydrogen-bond donors (Lipinski definition) is 1. The Morgan fingerprint density at radius 3 is 2.75 bits per heavy atom. The van der Waals surface area contributed by atoms with E-state index in [0.29, 0.717) is 29.0 Å². The van der Waals surface area contributed by atoms with Crippen LogP contribution in [0.3, 0.4) is 0 Å². The number of amides is 1. The van der Waals surface area contributed by atoms with Crippen molar-refractivity contribution in [2.45, 2.75) is 6.61 Å². The lowest BCUT2D eigenvalue weighted by Gasteiger charge is -2.07. The molecule has 3 rings (SSSR count). The molecule has 0 bridgehead atoms. The molecule has 20 heavy (non-hydrogen) atoms. The van der Waals surface area contributed by atoms with Crippen LogP contribution in [0.25, 0.3) is 0 Å². The van der Waals surface area contributed by atoms with Gasteiger partial charge in [0.25, 0.3) is 5.91 Å². The molecule has 4 nitrogen and oxygen atoms in total. The Morgan fingerprint density at radius 1 is 1.15 bits per heavy atom. The third-order valence-corrected chi connectivity index (χ3v) is 3.36. The Balaban J connectivity index is 2.13. The van der Waals surface area contributed by atoms with Crippen LogP contribution in [0, 0.1) is 0 Å². The summed E-state index contributed by atoms with van der Waals surface area (Å²) >= 11 is 0. The van der Waals surface area contributed by atoms with Crippen LogP contribution in [0.5, 0.6) is 5.75 Å². The van der Waals surface area contributed by atoms with E-state index in [1.54, 1.807) is 31.3 Å². The highest BCUT2D eigenvalue weighted by atomic mass is 16.5. The average molecular weight is 267 g/mol. The Bertz CT molecular complexity index is 707. The normalized spacial score (nSPS) is 12.8. The van der Waals surface area contributed by atoms with Gasteiger partial charge in [-0.1, -0.05) is 24.3 Å². The molecule has 0 aliphatic carbocycles. The lowest BCUT2D eigenvalue weighted by atomic mass is 9.98. The van der Waals surface area contributed by atoms with Gasteiger partial charge in [0.15, 0.2) is 5.78 Å². The van der Waals surface area contributed by atoms with Crippen molar-refractivity contribution in [2.75, 3.05) is 7.05 Å². The van der Waals surface area contributed by atoms with Gasteiger partial charge >= 0.3 is 0 Å². The number of ether oxygens (including phenoxy) is 1. The predicted molar refractivity (Wildman–Crippen MR) is 74.0 cm³/mol. The number of rotatable bonds is 1. The molecule has 100 valence electrons. The third-order valence-electron chi connectivity index (χ3n) is 3.36. The van der Waals surface area contributed by atoms with E-state index in [1.165, 1.54) is 0 Å². The van der Waals surface area contributed by atoms with Crippen LogP contribution in [-0.2, 0) is 6.61 Å². The summed E-state index contributed by atoms with van der Waals surface area (Å²) in [5, 5.41) is 2.55. The quantitative estimate of drug-likeness (QED) is 0.861. The summed E-state index contributed by atoms with van der Waals surface area (Å²) in [6.45, 7) is 0.355. The van der Waals surface area contributed by atoms with Gasteiger partial charge < -0.3 is 10.1 Å². The van der Waals surface area contributed by atoms with Crippen LogP contribution >= 0.6 is 0 Å². The lowest BCUT2D eigenvalue weighted by molar-refractivity contribution is 0.0963. The summed E-state index contributed by atoms with van der Waals surface area (Å²) in [7, 11) is 1.56. The summed E-state index contributed by atoms with van der Waals surface area (Å²) in [6.07, 6.45) is 0. The second kappa shape index (κ2) is 4.81. The number of benzene rings is 2. The first-order valence-corrected chi connectivity index (χ1v) is 6.32.